The van der Waals surface area contributed by atoms with Crippen LogP contribution < -0.4 is 5.32 Å². The second-order valence-corrected chi connectivity index (χ2v) is 4.62. The van der Waals surface area contributed by atoms with Crippen molar-refractivity contribution in [2.75, 3.05) is 6.54 Å². The molecule has 1 saturated carbocycles. The topological polar surface area (TPSA) is 29.9 Å². The smallest absolute Gasteiger partial charge is 0.0948 e. The second kappa shape index (κ2) is 4.79. The number of hydrogen-bond donors (Lipinski definition) is 1. The van der Waals surface area contributed by atoms with Gasteiger partial charge in [-0.05, 0) is 38.1 Å². The molecule has 1 aromatic heterocycles. The highest BCUT2D eigenvalue weighted by molar-refractivity contribution is 4.97. The van der Waals surface area contributed by atoms with E-state index in [1.807, 2.05) is 12.5 Å². The van der Waals surface area contributed by atoms with Crippen molar-refractivity contribution in [3.05, 3.63) is 18.2 Å². The van der Waals surface area contributed by atoms with Gasteiger partial charge >= 0.3 is 0 Å². The van der Waals surface area contributed by atoms with Gasteiger partial charge in [0.2, 0.25) is 0 Å². The lowest BCUT2D eigenvalue weighted by molar-refractivity contribution is 0.456. The zero-order chi connectivity index (χ0) is 10.7. The summed E-state index contributed by atoms with van der Waals surface area (Å²) < 4.78 is 2.19. The highest BCUT2D eigenvalue weighted by atomic mass is 15.1. The molecule has 1 fully saturated rings. The largest absolute Gasteiger partial charge is 0.334 e. The molecule has 1 atom stereocenters. The Morgan fingerprint density at radius 3 is 3.07 bits per heavy atom. The molecule has 0 radical (unpaired) electrons. The van der Waals surface area contributed by atoms with Crippen molar-refractivity contribution in [1.82, 2.24) is 14.9 Å². The minimum Gasteiger partial charge on any atom is -0.334 e. The van der Waals surface area contributed by atoms with E-state index in [0.29, 0.717) is 0 Å². The van der Waals surface area contributed by atoms with Gasteiger partial charge < -0.3 is 9.88 Å². The quantitative estimate of drug-likeness (QED) is 0.773. The minimum atomic E-state index is 0.836. The zero-order valence-electron chi connectivity index (χ0n) is 9.74. The number of nitrogens with one attached hydrogen (secondary N) is 1. The monoisotopic (exact) mass is 207 g/mol. The number of aromatic nitrogens is 2. The molecule has 0 saturated heterocycles. The van der Waals surface area contributed by atoms with Crippen LogP contribution in [0.15, 0.2) is 12.5 Å². The van der Waals surface area contributed by atoms with Crippen LogP contribution >= 0.6 is 0 Å². The van der Waals surface area contributed by atoms with Gasteiger partial charge in [-0.2, -0.15) is 0 Å². The summed E-state index contributed by atoms with van der Waals surface area (Å²) >= 11 is 0. The number of imidazole rings is 1. The molecule has 1 aromatic rings. The molecule has 84 valence electrons. The molecule has 1 heterocycles. The van der Waals surface area contributed by atoms with Gasteiger partial charge in [-0.15, -0.1) is 0 Å². The molecule has 0 aromatic carbocycles. The third-order valence-electron chi connectivity index (χ3n) is 3.34. The van der Waals surface area contributed by atoms with E-state index in [0.717, 1.165) is 31.5 Å². The Bertz CT molecular complexity index is 302. The summed E-state index contributed by atoms with van der Waals surface area (Å²) in [5.41, 5.74) is 1.29. The lowest BCUT2D eigenvalue weighted by Crippen LogP contribution is -2.23. The molecular formula is C12H21N3. The predicted octanol–water partition coefficient (Wildman–Crippen LogP) is 2.04. The van der Waals surface area contributed by atoms with Crippen LogP contribution in [0.25, 0.3) is 0 Å². The molecule has 3 heteroatoms. The molecule has 1 unspecified atom stereocenters. The number of hydrogen-bond acceptors (Lipinski definition) is 2. The third-order valence-corrected chi connectivity index (χ3v) is 3.34. The molecule has 3 nitrogen and oxygen atoms in total. The van der Waals surface area contributed by atoms with Crippen LogP contribution in [0.1, 0.15) is 32.4 Å². The van der Waals surface area contributed by atoms with Crippen LogP contribution in [0.3, 0.4) is 0 Å². The Hall–Kier alpha value is -0.830. The number of aryl methyl sites for hydroxylation is 1. The molecule has 2 rings (SSSR count). The summed E-state index contributed by atoms with van der Waals surface area (Å²) in [5, 5.41) is 3.52. The van der Waals surface area contributed by atoms with Gasteiger partial charge in [0.05, 0.1) is 12.0 Å². The van der Waals surface area contributed by atoms with Crippen LogP contribution in [0.2, 0.25) is 0 Å². The Kier molecular flexibility index (Phi) is 3.41. The molecule has 0 bridgehead atoms. The van der Waals surface area contributed by atoms with Crippen LogP contribution in [0.4, 0.5) is 0 Å². The first-order chi connectivity index (χ1) is 7.31. The molecule has 0 aliphatic heterocycles. The zero-order valence-corrected chi connectivity index (χ0v) is 9.74. The molecule has 0 spiro atoms. The van der Waals surface area contributed by atoms with E-state index in [9.17, 15) is 0 Å². The maximum atomic E-state index is 4.16. The van der Waals surface area contributed by atoms with Crippen LogP contribution in [0.5, 0.6) is 0 Å². The van der Waals surface area contributed by atoms with E-state index in [1.54, 1.807) is 0 Å². The molecule has 1 aliphatic rings. The average molecular weight is 207 g/mol. The fraction of sp³-hybridized carbons (Fsp3) is 0.750. The lowest BCUT2D eigenvalue weighted by Gasteiger charge is -2.11. The third kappa shape index (κ3) is 2.81. The predicted molar refractivity (Wildman–Crippen MR) is 61.5 cm³/mol. The van der Waals surface area contributed by atoms with Crippen molar-refractivity contribution in [1.29, 1.82) is 0 Å². The Balaban J connectivity index is 1.72. The van der Waals surface area contributed by atoms with E-state index in [-0.39, 0.29) is 0 Å². The first-order valence-corrected chi connectivity index (χ1v) is 6.01. The van der Waals surface area contributed by atoms with E-state index in [2.05, 4.69) is 28.7 Å². The fourth-order valence-electron chi connectivity index (χ4n) is 2.04. The van der Waals surface area contributed by atoms with Crippen molar-refractivity contribution in [3.63, 3.8) is 0 Å². The summed E-state index contributed by atoms with van der Waals surface area (Å²) in [6.07, 6.45) is 6.74. The summed E-state index contributed by atoms with van der Waals surface area (Å²) in [7, 11) is 0. The van der Waals surface area contributed by atoms with Gasteiger partial charge in [0.15, 0.2) is 0 Å². The van der Waals surface area contributed by atoms with Gasteiger partial charge in [0, 0.05) is 19.3 Å². The minimum absolute atomic E-state index is 0.836. The SMILES string of the molecule is CCn1cncc1CNCC(C)C1CC1. The van der Waals surface area contributed by atoms with E-state index < -0.39 is 0 Å². The molecular weight excluding hydrogens is 186 g/mol. The maximum Gasteiger partial charge on any atom is 0.0948 e. The first kappa shape index (κ1) is 10.7. The summed E-state index contributed by atoms with van der Waals surface area (Å²) in [6.45, 7) is 7.60. The highest BCUT2D eigenvalue weighted by Gasteiger charge is 2.27. The van der Waals surface area contributed by atoms with Crippen LogP contribution in [-0.2, 0) is 13.1 Å². The maximum absolute atomic E-state index is 4.16. The summed E-state index contributed by atoms with van der Waals surface area (Å²) in [4.78, 5) is 4.16. The van der Waals surface area contributed by atoms with Crippen molar-refractivity contribution in [3.8, 4) is 0 Å². The molecule has 0 amide bonds. The van der Waals surface area contributed by atoms with Gasteiger partial charge in [-0.25, -0.2) is 4.98 Å². The van der Waals surface area contributed by atoms with Crippen molar-refractivity contribution >= 4 is 0 Å². The van der Waals surface area contributed by atoms with E-state index >= 15 is 0 Å². The summed E-state index contributed by atoms with van der Waals surface area (Å²) in [6, 6.07) is 0. The van der Waals surface area contributed by atoms with Crippen molar-refractivity contribution in [2.45, 2.75) is 39.8 Å². The first-order valence-electron chi connectivity index (χ1n) is 6.01. The Labute approximate surface area is 91.9 Å². The second-order valence-electron chi connectivity index (χ2n) is 4.62. The van der Waals surface area contributed by atoms with Crippen LogP contribution in [0, 0.1) is 11.8 Å². The molecule has 1 aliphatic carbocycles. The average Bonchev–Trinajstić information content (AvgIpc) is 2.99. The number of nitrogens with zero attached hydrogens (tertiary/aromatic N) is 2. The fourth-order valence-corrected chi connectivity index (χ4v) is 2.04. The standard InChI is InChI=1S/C12H21N3/c1-3-15-9-14-8-12(15)7-13-6-10(2)11-4-5-11/h8-11,13H,3-7H2,1-2H3. The Morgan fingerprint density at radius 1 is 1.60 bits per heavy atom. The van der Waals surface area contributed by atoms with E-state index in [1.165, 1.54) is 18.5 Å². The molecule has 15 heavy (non-hydrogen) atoms. The van der Waals surface area contributed by atoms with Gasteiger partial charge in [-0.3, -0.25) is 0 Å². The molecule has 1 N–H and O–H groups in total. The van der Waals surface area contributed by atoms with Gasteiger partial charge in [-0.1, -0.05) is 6.92 Å². The van der Waals surface area contributed by atoms with Crippen LogP contribution in [-0.4, -0.2) is 16.1 Å². The Morgan fingerprint density at radius 2 is 2.40 bits per heavy atom. The lowest BCUT2D eigenvalue weighted by atomic mass is 10.1. The van der Waals surface area contributed by atoms with Gasteiger partial charge in [0.1, 0.15) is 0 Å². The van der Waals surface area contributed by atoms with E-state index in [4.69, 9.17) is 0 Å². The summed E-state index contributed by atoms with van der Waals surface area (Å²) in [5.74, 6) is 1.83. The van der Waals surface area contributed by atoms with Gasteiger partial charge in [0.25, 0.3) is 0 Å². The highest BCUT2D eigenvalue weighted by Crippen LogP contribution is 2.36. The number of rotatable bonds is 6. The normalized spacial score (nSPS) is 18.0. The van der Waals surface area contributed by atoms with Crippen molar-refractivity contribution < 1.29 is 0 Å². The van der Waals surface area contributed by atoms with Crippen molar-refractivity contribution in [2.24, 2.45) is 11.8 Å².